The summed E-state index contributed by atoms with van der Waals surface area (Å²) >= 11 is 1.44. The molecule has 0 aromatic rings. The Morgan fingerprint density at radius 1 is 1.39 bits per heavy atom. The van der Waals surface area contributed by atoms with Crippen molar-refractivity contribution in [1.29, 1.82) is 0 Å². The number of fused-ring (bicyclic) bond motifs is 1. The normalized spacial score (nSPS) is 24.4. The number of methoxy groups -OCH3 is 1. The third kappa shape index (κ3) is 3.59. The lowest BCUT2D eigenvalue weighted by atomic mass is 10.0. The van der Waals surface area contributed by atoms with E-state index < -0.39 is 23.6 Å². The van der Waals surface area contributed by atoms with Gasteiger partial charge >= 0.3 is 11.9 Å². The smallest absolute Gasteiger partial charge is 0.355 e. The second-order valence-corrected chi connectivity index (χ2v) is 7.27. The first-order valence-electron chi connectivity index (χ1n) is 7.08. The maximum Gasteiger partial charge on any atom is 0.355 e. The van der Waals surface area contributed by atoms with E-state index in [0.29, 0.717) is 11.3 Å². The molecule has 0 spiro atoms. The number of amides is 1. The van der Waals surface area contributed by atoms with Gasteiger partial charge in [0.05, 0.1) is 7.11 Å². The number of hydrogen-bond donors (Lipinski definition) is 1. The number of nitrogens with two attached hydrogens (primary N) is 1. The Bertz CT molecular complexity index is 605. The molecule has 0 aliphatic carbocycles. The fourth-order valence-corrected chi connectivity index (χ4v) is 3.49. The van der Waals surface area contributed by atoms with Gasteiger partial charge in [-0.3, -0.25) is 9.69 Å². The molecule has 2 atom stereocenters. The monoisotopic (exact) mass is 340 g/mol. The first-order valence-corrected chi connectivity index (χ1v) is 8.13. The molecule has 0 bridgehead atoms. The summed E-state index contributed by atoms with van der Waals surface area (Å²) in [6.45, 7) is 5.23. The maximum atomic E-state index is 12.5. The predicted molar refractivity (Wildman–Crippen MR) is 85.1 cm³/mol. The van der Waals surface area contributed by atoms with Gasteiger partial charge < -0.3 is 15.2 Å². The van der Waals surface area contributed by atoms with Gasteiger partial charge in [0, 0.05) is 11.8 Å². The third-order valence-corrected chi connectivity index (χ3v) is 4.58. The molecule has 2 heterocycles. The molecule has 1 unspecified atom stereocenters. The molecular formula is C15H20N2O5S. The average Bonchev–Trinajstić information content (AvgIpc) is 2.48. The number of hydrogen-bond acceptors (Lipinski definition) is 7. The quantitative estimate of drug-likeness (QED) is 0.455. The van der Waals surface area contributed by atoms with Crippen LogP contribution in [0.25, 0.3) is 0 Å². The summed E-state index contributed by atoms with van der Waals surface area (Å²) in [4.78, 5) is 37.2. The highest BCUT2D eigenvalue weighted by Crippen LogP contribution is 2.40. The van der Waals surface area contributed by atoms with E-state index in [0.717, 1.165) is 0 Å². The summed E-state index contributed by atoms with van der Waals surface area (Å²) in [5.74, 6) is -1.02. The Morgan fingerprint density at radius 2 is 2.04 bits per heavy atom. The molecule has 8 heteroatoms. The number of carbonyl (C=O) groups excluding carboxylic acids is 3. The Kier molecular flexibility index (Phi) is 4.86. The van der Waals surface area contributed by atoms with E-state index in [9.17, 15) is 14.4 Å². The number of esters is 2. The van der Waals surface area contributed by atoms with Gasteiger partial charge in [-0.1, -0.05) is 0 Å². The lowest BCUT2D eigenvalue weighted by Crippen LogP contribution is -2.68. The largest absolute Gasteiger partial charge is 0.466 e. The summed E-state index contributed by atoms with van der Waals surface area (Å²) in [7, 11) is 1.26. The standard InChI is InChI=1S/C15H20N2O5S/c1-15(2,3)22-14(20)11-8(5-6-9(18)21-4)7-23-13-10(16)12(19)17(11)13/h5-6,10,13H,7,16H2,1-4H3/t10?,13-/m1/s1. The van der Waals surface area contributed by atoms with Crippen molar-refractivity contribution in [3.8, 4) is 0 Å². The highest BCUT2D eigenvalue weighted by Gasteiger charge is 2.52. The number of rotatable bonds is 3. The molecule has 23 heavy (non-hydrogen) atoms. The van der Waals surface area contributed by atoms with Crippen molar-refractivity contribution in [3.63, 3.8) is 0 Å². The predicted octanol–water partition coefficient (Wildman–Crippen LogP) is 0.554. The van der Waals surface area contributed by atoms with Crippen molar-refractivity contribution in [2.75, 3.05) is 12.9 Å². The SMILES string of the molecule is COC(=O)C=CC1=C(C(=O)OC(C)(C)C)N2C(=O)C(N)[C@H]2SC1. The van der Waals surface area contributed by atoms with Gasteiger partial charge in [-0.2, -0.15) is 0 Å². The van der Waals surface area contributed by atoms with Crippen LogP contribution in [0, 0.1) is 0 Å². The number of carbonyl (C=O) groups is 3. The molecule has 7 nitrogen and oxygen atoms in total. The number of ether oxygens (including phenoxy) is 2. The van der Waals surface area contributed by atoms with Crippen LogP contribution in [0.15, 0.2) is 23.4 Å². The van der Waals surface area contributed by atoms with E-state index in [1.165, 1.54) is 35.9 Å². The average molecular weight is 340 g/mol. The minimum atomic E-state index is -0.697. The Balaban J connectivity index is 2.37. The molecule has 2 N–H and O–H groups in total. The van der Waals surface area contributed by atoms with Crippen LogP contribution >= 0.6 is 11.8 Å². The molecule has 1 fully saturated rings. The van der Waals surface area contributed by atoms with Gasteiger partial charge in [-0.25, -0.2) is 9.59 Å². The van der Waals surface area contributed by atoms with Crippen LogP contribution in [-0.4, -0.2) is 52.6 Å². The molecule has 0 aromatic heterocycles. The number of allylic oxidation sites excluding steroid dienone is 1. The first kappa shape index (κ1) is 17.6. The van der Waals surface area contributed by atoms with E-state index in [1.54, 1.807) is 20.8 Å². The fourth-order valence-electron chi connectivity index (χ4n) is 2.22. The summed E-state index contributed by atoms with van der Waals surface area (Å²) in [5.41, 5.74) is 5.76. The summed E-state index contributed by atoms with van der Waals surface area (Å²) in [6, 6.07) is -0.622. The van der Waals surface area contributed by atoms with Crippen molar-refractivity contribution in [1.82, 2.24) is 4.90 Å². The summed E-state index contributed by atoms with van der Waals surface area (Å²) < 4.78 is 9.93. The molecule has 0 radical (unpaired) electrons. The van der Waals surface area contributed by atoms with E-state index >= 15 is 0 Å². The van der Waals surface area contributed by atoms with Crippen LogP contribution < -0.4 is 5.73 Å². The topological polar surface area (TPSA) is 98.9 Å². The van der Waals surface area contributed by atoms with Crippen molar-refractivity contribution in [2.24, 2.45) is 5.73 Å². The summed E-state index contributed by atoms with van der Waals surface area (Å²) in [6.07, 6.45) is 2.69. The highest BCUT2D eigenvalue weighted by atomic mass is 32.2. The van der Waals surface area contributed by atoms with Crippen LogP contribution in [0.5, 0.6) is 0 Å². The third-order valence-electron chi connectivity index (χ3n) is 3.25. The van der Waals surface area contributed by atoms with E-state index in [2.05, 4.69) is 4.74 Å². The maximum absolute atomic E-state index is 12.5. The van der Waals surface area contributed by atoms with Gasteiger partial charge in [0.15, 0.2) is 0 Å². The lowest BCUT2D eigenvalue weighted by Gasteiger charge is -2.48. The molecular weight excluding hydrogens is 320 g/mol. The number of nitrogens with zero attached hydrogens (tertiary/aromatic N) is 1. The second-order valence-electron chi connectivity index (χ2n) is 6.17. The zero-order valence-electron chi connectivity index (χ0n) is 13.5. The Morgan fingerprint density at radius 3 is 2.61 bits per heavy atom. The van der Waals surface area contributed by atoms with Gasteiger partial charge in [0.1, 0.15) is 22.7 Å². The van der Waals surface area contributed by atoms with Crippen LogP contribution in [0.4, 0.5) is 0 Å². The van der Waals surface area contributed by atoms with Crippen LogP contribution in [0.3, 0.4) is 0 Å². The summed E-state index contributed by atoms with van der Waals surface area (Å²) in [5, 5.41) is -0.278. The van der Waals surface area contributed by atoms with Gasteiger partial charge in [0.2, 0.25) is 5.91 Å². The van der Waals surface area contributed by atoms with Gasteiger partial charge in [-0.05, 0) is 32.4 Å². The van der Waals surface area contributed by atoms with Crippen molar-refractivity contribution < 1.29 is 23.9 Å². The van der Waals surface area contributed by atoms with Crippen molar-refractivity contribution >= 4 is 29.6 Å². The first-order chi connectivity index (χ1) is 10.7. The molecule has 1 amide bonds. The Hall–Kier alpha value is -1.80. The van der Waals surface area contributed by atoms with E-state index in [-0.39, 0.29) is 17.0 Å². The van der Waals surface area contributed by atoms with Gasteiger partial charge in [0.25, 0.3) is 0 Å². The van der Waals surface area contributed by atoms with E-state index in [4.69, 9.17) is 10.5 Å². The molecule has 1 saturated heterocycles. The zero-order valence-corrected chi connectivity index (χ0v) is 14.3. The lowest BCUT2D eigenvalue weighted by molar-refractivity contribution is -0.157. The van der Waals surface area contributed by atoms with Crippen LogP contribution in [0.2, 0.25) is 0 Å². The molecule has 2 rings (SSSR count). The minimum absolute atomic E-state index is 0.149. The number of thioether (sulfide) groups is 1. The minimum Gasteiger partial charge on any atom is -0.466 e. The Labute approximate surface area is 138 Å². The van der Waals surface area contributed by atoms with Crippen LogP contribution in [-0.2, 0) is 23.9 Å². The second kappa shape index (κ2) is 6.37. The molecule has 2 aliphatic heterocycles. The van der Waals surface area contributed by atoms with Crippen molar-refractivity contribution in [3.05, 3.63) is 23.4 Å². The van der Waals surface area contributed by atoms with Gasteiger partial charge in [-0.15, -0.1) is 11.8 Å². The molecule has 0 aromatic carbocycles. The highest BCUT2D eigenvalue weighted by molar-refractivity contribution is 8.00. The molecule has 2 aliphatic rings. The number of β-lactam (4-membered cyclic amide) rings is 1. The zero-order chi connectivity index (χ0) is 17.4. The van der Waals surface area contributed by atoms with Crippen LogP contribution in [0.1, 0.15) is 20.8 Å². The molecule has 126 valence electrons. The molecule has 0 saturated carbocycles. The fraction of sp³-hybridized carbons (Fsp3) is 0.533. The van der Waals surface area contributed by atoms with Crippen molar-refractivity contribution in [2.45, 2.75) is 37.8 Å². The van der Waals surface area contributed by atoms with E-state index in [1.807, 2.05) is 0 Å².